The molecule has 1 unspecified atom stereocenters. The molecule has 188 valence electrons. The summed E-state index contributed by atoms with van der Waals surface area (Å²) in [6.45, 7) is 1.16. The van der Waals surface area contributed by atoms with E-state index in [9.17, 15) is 4.79 Å². The Morgan fingerprint density at radius 3 is 2.72 bits per heavy atom. The molecule has 0 N–H and O–H groups in total. The number of benzene rings is 1. The summed E-state index contributed by atoms with van der Waals surface area (Å²) < 4.78 is 10.5. The number of halogens is 2. The van der Waals surface area contributed by atoms with E-state index in [0.717, 1.165) is 34.8 Å². The molecule has 2 aromatic heterocycles. The van der Waals surface area contributed by atoms with E-state index in [1.165, 1.54) is 13.3 Å². The smallest absolute Gasteiger partial charge is 0.320 e. The van der Waals surface area contributed by atoms with Crippen molar-refractivity contribution in [2.45, 2.75) is 31.3 Å². The molecule has 9 nitrogen and oxygen atoms in total. The predicted octanol–water partition coefficient (Wildman–Crippen LogP) is 4.90. The molecule has 36 heavy (non-hydrogen) atoms. The first kappa shape index (κ1) is 24.7. The Labute approximate surface area is 222 Å². The molecule has 1 aromatic carbocycles. The zero-order valence-corrected chi connectivity index (χ0v) is 21.7. The summed E-state index contributed by atoms with van der Waals surface area (Å²) in [4.78, 5) is 32.9. The van der Waals surface area contributed by atoms with E-state index in [1.807, 2.05) is 5.38 Å². The van der Waals surface area contributed by atoms with Crippen LogP contribution < -0.4 is 9.47 Å². The maximum Gasteiger partial charge on any atom is 0.320 e. The molecular formula is C24H23Cl2N5O4S. The second-order valence-corrected chi connectivity index (χ2v) is 10.1. The minimum absolute atomic E-state index is 0.0959. The van der Waals surface area contributed by atoms with Gasteiger partial charge in [-0.15, -0.1) is 11.3 Å². The number of amides is 1. The number of likely N-dealkylation sites (tertiary alicyclic amines) is 1. The number of piperidine rings is 1. The first-order valence-electron chi connectivity index (χ1n) is 11.4. The van der Waals surface area contributed by atoms with Crippen molar-refractivity contribution in [1.82, 2.24) is 19.9 Å². The van der Waals surface area contributed by atoms with E-state index in [2.05, 4.69) is 15.1 Å². The first-order chi connectivity index (χ1) is 17.5. The third-order valence-corrected chi connectivity index (χ3v) is 7.81. The number of carbonyl (C=O) groups excluding carboxylic acids is 1. The zero-order chi connectivity index (χ0) is 25.1. The van der Waals surface area contributed by atoms with E-state index in [0.29, 0.717) is 35.4 Å². The lowest BCUT2D eigenvalue weighted by Gasteiger charge is -2.31. The fourth-order valence-electron chi connectivity index (χ4n) is 4.21. The van der Waals surface area contributed by atoms with E-state index >= 15 is 0 Å². The Balaban J connectivity index is 1.13. The summed E-state index contributed by atoms with van der Waals surface area (Å²) in [5.74, 6) is 0.572. The summed E-state index contributed by atoms with van der Waals surface area (Å²) >= 11 is 14.3. The Bertz CT molecular complexity index is 1260. The van der Waals surface area contributed by atoms with Crippen molar-refractivity contribution in [3.05, 3.63) is 62.2 Å². The Hall–Kier alpha value is -2.95. The average molecular weight is 548 g/mol. The standard InChI is InChI=1S/C24H23Cl2N5O4S/c1-33-20-5-8-27-24(29-20)34-12-21(32)31-9-6-14(7-10-31)23-28-18(13-36-23)17-11-19(35-30-17)22-15(25)3-2-4-16(22)26/h2-5,8,13-14,19H,6-7,9-12H2,1H3. The van der Waals surface area contributed by atoms with Crippen LogP contribution in [0.3, 0.4) is 0 Å². The molecule has 12 heteroatoms. The Morgan fingerprint density at radius 1 is 1.19 bits per heavy atom. The van der Waals surface area contributed by atoms with Crippen molar-refractivity contribution < 1.29 is 19.1 Å². The summed E-state index contributed by atoms with van der Waals surface area (Å²) in [6, 6.07) is 7.12. The third-order valence-electron chi connectivity index (χ3n) is 6.15. The van der Waals surface area contributed by atoms with Gasteiger partial charge in [-0.2, -0.15) is 4.98 Å². The minimum Gasteiger partial charge on any atom is -0.481 e. The highest BCUT2D eigenvalue weighted by atomic mass is 35.5. The second-order valence-electron chi connectivity index (χ2n) is 8.37. The van der Waals surface area contributed by atoms with Gasteiger partial charge in [0, 0.05) is 58.7 Å². The molecular weight excluding hydrogens is 525 g/mol. The SMILES string of the molecule is COc1ccnc(OCC(=O)N2CCC(c3nc(C4=NOC(c5c(Cl)cccc5Cl)C4)cs3)CC2)n1. The third kappa shape index (κ3) is 5.40. The molecule has 2 aliphatic rings. The van der Waals surface area contributed by atoms with Crippen LogP contribution in [0.2, 0.25) is 10.0 Å². The number of thiazole rings is 1. The maximum atomic E-state index is 12.6. The lowest BCUT2D eigenvalue weighted by Crippen LogP contribution is -2.40. The molecule has 1 atom stereocenters. The van der Waals surface area contributed by atoms with E-state index in [4.69, 9.17) is 42.5 Å². The van der Waals surface area contributed by atoms with Gasteiger partial charge in [0.2, 0.25) is 5.88 Å². The number of hydrogen-bond acceptors (Lipinski definition) is 9. The minimum atomic E-state index is -0.329. The number of hydrogen-bond donors (Lipinski definition) is 0. The van der Waals surface area contributed by atoms with Crippen LogP contribution in [0, 0.1) is 0 Å². The number of oxime groups is 1. The van der Waals surface area contributed by atoms with Gasteiger partial charge in [-0.3, -0.25) is 4.79 Å². The monoisotopic (exact) mass is 547 g/mol. The molecule has 0 aliphatic carbocycles. The van der Waals surface area contributed by atoms with Gasteiger partial charge < -0.3 is 19.2 Å². The second kappa shape index (κ2) is 11.0. The zero-order valence-electron chi connectivity index (χ0n) is 19.4. The van der Waals surface area contributed by atoms with Gasteiger partial charge in [0.15, 0.2) is 12.7 Å². The number of methoxy groups -OCH3 is 1. The fourth-order valence-corrected chi connectivity index (χ4v) is 5.85. The van der Waals surface area contributed by atoms with Crippen LogP contribution in [-0.4, -0.2) is 58.3 Å². The number of carbonyl (C=O) groups is 1. The molecule has 0 saturated carbocycles. The largest absolute Gasteiger partial charge is 0.481 e. The lowest BCUT2D eigenvalue weighted by atomic mass is 9.97. The number of ether oxygens (including phenoxy) is 2. The topological polar surface area (TPSA) is 99.0 Å². The van der Waals surface area contributed by atoms with Crippen LogP contribution >= 0.6 is 34.5 Å². The molecule has 2 aliphatic heterocycles. The van der Waals surface area contributed by atoms with Crippen molar-refractivity contribution in [2.75, 3.05) is 26.8 Å². The van der Waals surface area contributed by atoms with Gasteiger partial charge in [-0.05, 0) is 25.0 Å². The highest BCUT2D eigenvalue weighted by Crippen LogP contribution is 2.39. The molecule has 0 radical (unpaired) electrons. The van der Waals surface area contributed by atoms with Crippen molar-refractivity contribution in [2.24, 2.45) is 5.16 Å². The number of rotatable bonds is 7. The quantitative estimate of drug-likeness (QED) is 0.414. The van der Waals surface area contributed by atoms with Crippen LogP contribution in [-0.2, 0) is 9.63 Å². The first-order valence-corrected chi connectivity index (χ1v) is 13.1. The summed E-state index contributed by atoms with van der Waals surface area (Å²) in [5.41, 5.74) is 2.34. The molecule has 4 heterocycles. The molecule has 0 spiro atoms. The predicted molar refractivity (Wildman–Crippen MR) is 136 cm³/mol. The van der Waals surface area contributed by atoms with Crippen molar-refractivity contribution in [3.8, 4) is 11.9 Å². The molecule has 1 fully saturated rings. The number of aromatic nitrogens is 3. The molecule has 1 saturated heterocycles. The molecule has 1 amide bonds. The van der Waals surface area contributed by atoms with Gasteiger partial charge in [-0.1, -0.05) is 34.4 Å². The summed E-state index contributed by atoms with van der Waals surface area (Å²) in [6.07, 6.45) is 3.40. The van der Waals surface area contributed by atoms with Crippen LogP contribution in [0.1, 0.15) is 47.5 Å². The lowest BCUT2D eigenvalue weighted by molar-refractivity contribution is -0.134. The van der Waals surface area contributed by atoms with Crippen molar-refractivity contribution in [3.63, 3.8) is 0 Å². The van der Waals surface area contributed by atoms with Crippen LogP contribution in [0.5, 0.6) is 11.9 Å². The highest BCUT2D eigenvalue weighted by Gasteiger charge is 2.30. The van der Waals surface area contributed by atoms with Gasteiger partial charge in [0.1, 0.15) is 5.71 Å². The van der Waals surface area contributed by atoms with Crippen LogP contribution in [0.25, 0.3) is 0 Å². The van der Waals surface area contributed by atoms with Crippen molar-refractivity contribution in [1.29, 1.82) is 0 Å². The number of nitrogens with zero attached hydrogens (tertiary/aromatic N) is 5. The molecule has 0 bridgehead atoms. The van der Waals surface area contributed by atoms with Gasteiger partial charge in [-0.25, -0.2) is 9.97 Å². The van der Waals surface area contributed by atoms with E-state index in [1.54, 1.807) is 40.5 Å². The summed E-state index contributed by atoms with van der Waals surface area (Å²) in [7, 11) is 1.51. The average Bonchev–Trinajstić information content (AvgIpc) is 3.58. The van der Waals surface area contributed by atoms with E-state index in [-0.39, 0.29) is 30.5 Å². The maximum absolute atomic E-state index is 12.6. The van der Waals surface area contributed by atoms with Crippen LogP contribution in [0.15, 0.2) is 41.0 Å². The molecule has 3 aromatic rings. The Morgan fingerprint density at radius 2 is 1.97 bits per heavy atom. The summed E-state index contributed by atoms with van der Waals surface area (Å²) in [5, 5.41) is 8.43. The highest BCUT2D eigenvalue weighted by molar-refractivity contribution is 7.10. The van der Waals surface area contributed by atoms with Gasteiger partial charge in [0.05, 0.1) is 17.8 Å². The van der Waals surface area contributed by atoms with Gasteiger partial charge >= 0.3 is 6.01 Å². The van der Waals surface area contributed by atoms with E-state index < -0.39 is 0 Å². The van der Waals surface area contributed by atoms with Crippen LogP contribution in [0.4, 0.5) is 0 Å². The normalized spacial score (nSPS) is 18.0. The fraction of sp³-hybridized carbons (Fsp3) is 0.375. The Kier molecular flexibility index (Phi) is 7.54. The van der Waals surface area contributed by atoms with Crippen molar-refractivity contribution >= 4 is 46.2 Å². The molecule has 5 rings (SSSR count). The van der Waals surface area contributed by atoms with Gasteiger partial charge in [0.25, 0.3) is 5.91 Å².